The van der Waals surface area contributed by atoms with E-state index in [4.69, 9.17) is 10.5 Å². The van der Waals surface area contributed by atoms with E-state index in [1.54, 1.807) is 36.4 Å². The van der Waals surface area contributed by atoms with Gasteiger partial charge in [0.25, 0.3) is 5.91 Å². The van der Waals surface area contributed by atoms with Gasteiger partial charge in [-0.05, 0) is 61.4 Å². The van der Waals surface area contributed by atoms with Gasteiger partial charge in [-0.25, -0.2) is 0 Å². The molecular formula is C17H20N2O2. The van der Waals surface area contributed by atoms with Crippen molar-refractivity contribution in [3.63, 3.8) is 0 Å². The third-order valence-electron chi connectivity index (χ3n) is 3.09. The number of nitrogen functional groups attached to an aromatic ring is 1. The molecule has 4 heteroatoms. The maximum absolute atomic E-state index is 12.2. The van der Waals surface area contributed by atoms with Crippen LogP contribution in [0, 0.1) is 6.92 Å². The van der Waals surface area contributed by atoms with Crippen molar-refractivity contribution in [3.8, 4) is 5.75 Å². The van der Waals surface area contributed by atoms with Crippen LogP contribution in [0.5, 0.6) is 5.75 Å². The van der Waals surface area contributed by atoms with Crippen LogP contribution in [0.3, 0.4) is 0 Å². The van der Waals surface area contributed by atoms with Crippen LogP contribution in [0.25, 0.3) is 0 Å². The topological polar surface area (TPSA) is 64.3 Å². The van der Waals surface area contributed by atoms with Crippen LogP contribution < -0.4 is 15.8 Å². The molecule has 2 aromatic rings. The number of hydrogen-bond acceptors (Lipinski definition) is 3. The molecule has 0 saturated heterocycles. The maximum Gasteiger partial charge on any atom is 0.255 e. The molecular weight excluding hydrogens is 264 g/mol. The van der Waals surface area contributed by atoms with Crippen molar-refractivity contribution in [2.45, 2.75) is 20.3 Å². The van der Waals surface area contributed by atoms with E-state index in [0.717, 1.165) is 23.4 Å². The molecule has 1 amide bonds. The van der Waals surface area contributed by atoms with E-state index in [9.17, 15) is 4.79 Å². The summed E-state index contributed by atoms with van der Waals surface area (Å²) in [4.78, 5) is 12.2. The van der Waals surface area contributed by atoms with Crippen molar-refractivity contribution in [3.05, 3.63) is 53.6 Å². The number of anilines is 2. The first-order valence-electron chi connectivity index (χ1n) is 7.00. The molecule has 0 fully saturated rings. The van der Waals surface area contributed by atoms with E-state index in [1.807, 2.05) is 13.0 Å². The average molecular weight is 284 g/mol. The fourth-order valence-electron chi connectivity index (χ4n) is 1.94. The molecule has 2 rings (SSSR count). The number of hydrogen-bond donors (Lipinski definition) is 2. The predicted molar refractivity (Wildman–Crippen MR) is 85.8 cm³/mol. The van der Waals surface area contributed by atoms with Gasteiger partial charge in [0.15, 0.2) is 0 Å². The van der Waals surface area contributed by atoms with Gasteiger partial charge >= 0.3 is 0 Å². The van der Waals surface area contributed by atoms with Gasteiger partial charge in [0.1, 0.15) is 5.75 Å². The number of carbonyl (C=O) groups excluding carboxylic acids is 1. The highest BCUT2D eigenvalue weighted by Crippen LogP contribution is 2.19. The quantitative estimate of drug-likeness (QED) is 0.824. The summed E-state index contributed by atoms with van der Waals surface area (Å²) in [6.07, 6.45) is 0.957. The molecule has 0 aliphatic rings. The fourth-order valence-corrected chi connectivity index (χ4v) is 1.94. The van der Waals surface area contributed by atoms with Crippen LogP contribution in [0.15, 0.2) is 42.5 Å². The van der Waals surface area contributed by atoms with Gasteiger partial charge in [-0.1, -0.05) is 6.92 Å². The van der Waals surface area contributed by atoms with Gasteiger partial charge < -0.3 is 15.8 Å². The highest BCUT2D eigenvalue weighted by atomic mass is 16.5. The Morgan fingerprint density at radius 1 is 1.19 bits per heavy atom. The largest absolute Gasteiger partial charge is 0.494 e. The summed E-state index contributed by atoms with van der Waals surface area (Å²) in [5.74, 6) is 0.627. The number of amides is 1. The van der Waals surface area contributed by atoms with Crippen LogP contribution >= 0.6 is 0 Å². The lowest BCUT2D eigenvalue weighted by Crippen LogP contribution is -2.12. The molecule has 110 valence electrons. The number of aryl methyl sites for hydroxylation is 1. The molecule has 0 aliphatic carbocycles. The molecule has 0 saturated carbocycles. The van der Waals surface area contributed by atoms with Crippen LogP contribution in [0.2, 0.25) is 0 Å². The van der Waals surface area contributed by atoms with E-state index in [0.29, 0.717) is 17.9 Å². The number of carbonyl (C=O) groups is 1. The summed E-state index contributed by atoms with van der Waals surface area (Å²) < 4.78 is 5.49. The highest BCUT2D eigenvalue weighted by molar-refractivity contribution is 6.04. The van der Waals surface area contributed by atoms with E-state index in [1.165, 1.54) is 0 Å². The van der Waals surface area contributed by atoms with Crippen molar-refractivity contribution in [2.24, 2.45) is 0 Å². The standard InChI is InChI=1S/C17H20N2O2/c1-3-10-21-15-7-4-13(5-8-15)17(20)19-16-9-6-14(18)11-12(16)2/h4-9,11H,3,10,18H2,1-2H3,(H,19,20). The number of nitrogens with two attached hydrogens (primary N) is 1. The van der Waals surface area contributed by atoms with Gasteiger partial charge in [-0.2, -0.15) is 0 Å². The third kappa shape index (κ3) is 3.99. The highest BCUT2D eigenvalue weighted by Gasteiger charge is 2.08. The second-order valence-electron chi connectivity index (χ2n) is 4.90. The normalized spacial score (nSPS) is 10.2. The number of nitrogens with one attached hydrogen (secondary N) is 1. The van der Waals surface area contributed by atoms with Gasteiger partial charge in [-0.15, -0.1) is 0 Å². The Labute approximate surface area is 124 Å². The summed E-state index contributed by atoms with van der Waals surface area (Å²) in [5.41, 5.74) is 8.68. The molecule has 21 heavy (non-hydrogen) atoms. The Morgan fingerprint density at radius 2 is 1.90 bits per heavy atom. The zero-order valence-corrected chi connectivity index (χ0v) is 12.3. The first-order valence-corrected chi connectivity index (χ1v) is 7.00. The van der Waals surface area contributed by atoms with E-state index in [-0.39, 0.29) is 5.91 Å². The Kier molecular flexibility index (Phi) is 4.82. The molecule has 0 aliphatic heterocycles. The van der Waals surface area contributed by atoms with Crippen molar-refractivity contribution < 1.29 is 9.53 Å². The second-order valence-corrected chi connectivity index (χ2v) is 4.90. The molecule has 0 bridgehead atoms. The minimum Gasteiger partial charge on any atom is -0.494 e. The molecule has 0 atom stereocenters. The summed E-state index contributed by atoms with van der Waals surface area (Å²) in [5, 5.41) is 2.88. The van der Waals surface area contributed by atoms with Crippen LogP contribution in [0.1, 0.15) is 29.3 Å². The van der Waals surface area contributed by atoms with Crippen molar-refractivity contribution in [1.29, 1.82) is 0 Å². The minimum atomic E-state index is -0.148. The fraction of sp³-hybridized carbons (Fsp3) is 0.235. The summed E-state index contributed by atoms with van der Waals surface area (Å²) >= 11 is 0. The van der Waals surface area contributed by atoms with E-state index in [2.05, 4.69) is 12.2 Å². The predicted octanol–water partition coefficient (Wildman–Crippen LogP) is 3.62. The SMILES string of the molecule is CCCOc1ccc(C(=O)Nc2ccc(N)cc2C)cc1. The Hall–Kier alpha value is -2.49. The molecule has 2 aromatic carbocycles. The molecule has 0 aromatic heterocycles. The van der Waals surface area contributed by atoms with Crippen LogP contribution in [0.4, 0.5) is 11.4 Å². The van der Waals surface area contributed by atoms with E-state index < -0.39 is 0 Å². The number of rotatable bonds is 5. The maximum atomic E-state index is 12.2. The Bertz CT molecular complexity index is 621. The first kappa shape index (κ1) is 14.9. The Morgan fingerprint density at radius 3 is 2.52 bits per heavy atom. The summed E-state index contributed by atoms with van der Waals surface area (Å²) in [6.45, 7) is 4.64. The lowest BCUT2D eigenvalue weighted by molar-refractivity contribution is 0.102. The van der Waals surface area contributed by atoms with Gasteiger partial charge in [0.05, 0.1) is 6.61 Å². The van der Waals surface area contributed by atoms with Crippen molar-refractivity contribution >= 4 is 17.3 Å². The molecule has 0 heterocycles. The van der Waals surface area contributed by atoms with Gasteiger partial charge in [0.2, 0.25) is 0 Å². The smallest absolute Gasteiger partial charge is 0.255 e. The molecule has 4 nitrogen and oxygen atoms in total. The van der Waals surface area contributed by atoms with E-state index >= 15 is 0 Å². The first-order chi connectivity index (χ1) is 10.1. The van der Waals surface area contributed by atoms with Gasteiger partial charge in [-0.3, -0.25) is 4.79 Å². The molecule has 0 radical (unpaired) electrons. The zero-order valence-electron chi connectivity index (χ0n) is 12.3. The number of benzene rings is 2. The molecule has 0 unspecified atom stereocenters. The summed E-state index contributed by atoms with van der Waals surface area (Å²) in [6, 6.07) is 12.5. The van der Waals surface area contributed by atoms with Gasteiger partial charge in [0, 0.05) is 16.9 Å². The monoisotopic (exact) mass is 284 g/mol. The Balaban J connectivity index is 2.06. The lowest BCUT2D eigenvalue weighted by atomic mass is 10.1. The second kappa shape index (κ2) is 6.79. The average Bonchev–Trinajstić information content (AvgIpc) is 2.48. The molecule has 3 N–H and O–H groups in total. The third-order valence-corrected chi connectivity index (χ3v) is 3.09. The van der Waals surface area contributed by atoms with Crippen LogP contribution in [-0.2, 0) is 0 Å². The summed E-state index contributed by atoms with van der Waals surface area (Å²) in [7, 11) is 0. The number of ether oxygens (including phenoxy) is 1. The lowest BCUT2D eigenvalue weighted by Gasteiger charge is -2.10. The van der Waals surface area contributed by atoms with Crippen molar-refractivity contribution in [2.75, 3.05) is 17.7 Å². The van der Waals surface area contributed by atoms with Crippen LogP contribution in [-0.4, -0.2) is 12.5 Å². The molecule has 0 spiro atoms. The minimum absolute atomic E-state index is 0.148. The zero-order chi connectivity index (χ0) is 15.2. The van der Waals surface area contributed by atoms with Crippen molar-refractivity contribution in [1.82, 2.24) is 0 Å².